The van der Waals surface area contributed by atoms with E-state index in [2.05, 4.69) is 17.2 Å². The third-order valence-electron chi connectivity index (χ3n) is 5.06. The standard InChI is InChI=1S/C20H27N3O2/c24-19(16-17-6-2-1-3-7-17)18-9-14-22(15-10-18)20(25)8-4-12-23-13-5-11-21-23/h1-3,5-7,11,13,18-19,24H,4,8-10,12,14-16H2/t19-/m0/s1. The van der Waals surface area contributed by atoms with Crippen molar-refractivity contribution in [1.29, 1.82) is 0 Å². The zero-order valence-electron chi connectivity index (χ0n) is 14.6. The molecule has 25 heavy (non-hydrogen) atoms. The zero-order valence-corrected chi connectivity index (χ0v) is 14.6. The van der Waals surface area contributed by atoms with E-state index in [9.17, 15) is 9.90 Å². The maximum Gasteiger partial charge on any atom is 0.222 e. The maximum atomic E-state index is 12.3. The third kappa shape index (κ3) is 5.16. The molecule has 0 radical (unpaired) electrons. The number of hydrogen-bond acceptors (Lipinski definition) is 3. The summed E-state index contributed by atoms with van der Waals surface area (Å²) in [6.45, 7) is 2.30. The average Bonchev–Trinajstić information content (AvgIpc) is 3.16. The lowest BCUT2D eigenvalue weighted by atomic mass is 9.88. The van der Waals surface area contributed by atoms with Crippen LogP contribution in [0.1, 0.15) is 31.2 Å². The fraction of sp³-hybridized carbons (Fsp3) is 0.500. The highest BCUT2D eigenvalue weighted by molar-refractivity contribution is 5.76. The number of aromatic nitrogens is 2. The fourth-order valence-electron chi connectivity index (χ4n) is 3.54. The van der Waals surface area contributed by atoms with Crippen molar-refractivity contribution in [3.05, 3.63) is 54.4 Å². The van der Waals surface area contributed by atoms with Crippen LogP contribution in [0.5, 0.6) is 0 Å². The fourth-order valence-corrected chi connectivity index (χ4v) is 3.54. The van der Waals surface area contributed by atoms with Gasteiger partial charge in [0.2, 0.25) is 5.91 Å². The number of rotatable bonds is 7. The second kappa shape index (κ2) is 8.81. The van der Waals surface area contributed by atoms with E-state index in [1.165, 1.54) is 5.56 Å². The number of piperidine rings is 1. The Bertz CT molecular complexity index is 634. The van der Waals surface area contributed by atoms with Gasteiger partial charge in [0.25, 0.3) is 0 Å². The van der Waals surface area contributed by atoms with Gasteiger partial charge in [-0.1, -0.05) is 30.3 Å². The van der Waals surface area contributed by atoms with E-state index in [0.29, 0.717) is 12.8 Å². The van der Waals surface area contributed by atoms with Crippen LogP contribution in [0.4, 0.5) is 0 Å². The van der Waals surface area contributed by atoms with Crippen molar-refractivity contribution in [2.45, 2.75) is 44.8 Å². The SMILES string of the molecule is O=C(CCCn1cccn1)N1CCC([C@@H](O)Cc2ccccc2)CC1. The lowest BCUT2D eigenvalue weighted by molar-refractivity contribution is -0.133. The van der Waals surface area contributed by atoms with Gasteiger partial charge in [0.15, 0.2) is 0 Å². The molecule has 1 aliphatic rings. The Labute approximate surface area is 149 Å². The Balaban J connectivity index is 1.38. The molecule has 0 saturated carbocycles. The maximum absolute atomic E-state index is 12.3. The monoisotopic (exact) mass is 341 g/mol. The number of amides is 1. The van der Waals surface area contributed by atoms with Crippen LogP contribution >= 0.6 is 0 Å². The lowest BCUT2D eigenvalue weighted by Crippen LogP contribution is -2.41. The quantitative estimate of drug-likeness (QED) is 0.842. The molecule has 1 fully saturated rings. The lowest BCUT2D eigenvalue weighted by Gasteiger charge is -2.34. The van der Waals surface area contributed by atoms with E-state index in [0.717, 1.165) is 38.9 Å². The number of benzene rings is 1. The second-order valence-corrected chi connectivity index (χ2v) is 6.85. The summed E-state index contributed by atoms with van der Waals surface area (Å²) in [7, 11) is 0. The van der Waals surface area contributed by atoms with Gasteiger partial charge in [0, 0.05) is 38.4 Å². The molecule has 1 aliphatic heterocycles. The van der Waals surface area contributed by atoms with Crippen LogP contribution in [0, 0.1) is 5.92 Å². The smallest absolute Gasteiger partial charge is 0.222 e. The highest BCUT2D eigenvalue weighted by Crippen LogP contribution is 2.23. The van der Waals surface area contributed by atoms with Gasteiger partial charge in [-0.3, -0.25) is 9.48 Å². The topological polar surface area (TPSA) is 58.4 Å². The van der Waals surface area contributed by atoms with Crippen LogP contribution in [-0.4, -0.2) is 44.9 Å². The molecule has 1 N–H and O–H groups in total. The van der Waals surface area contributed by atoms with Crippen molar-refractivity contribution < 1.29 is 9.90 Å². The van der Waals surface area contributed by atoms with Gasteiger partial charge in [-0.25, -0.2) is 0 Å². The molecule has 0 bridgehead atoms. The largest absolute Gasteiger partial charge is 0.392 e. The highest BCUT2D eigenvalue weighted by atomic mass is 16.3. The molecule has 1 aromatic heterocycles. The summed E-state index contributed by atoms with van der Waals surface area (Å²) in [5.74, 6) is 0.511. The van der Waals surface area contributed by atoms with Gasteiger partial charge in [-0.15, -0.1) is 0 Å². The Morgan fingerprint density at radius 1 is 1.20 bits per heavy atom. The minimum absolute atomic E-state index is 0.225. The van der Waals surface area contributed by atoms with Crippen LogP contribution in [-0.2, 0) is 17.8 Å². The third-order valence-corrected chi connectivity index (χ3v) is 5.06. The Morgan fingerprint density at radius 3 is 2.64 bits per heavy atom. The van der Waals surface area contributed by atoms with Crippen molar-refractivity contribution in [2.75, 3.05) is 13.1 Å². The molecule has 5 nitrogen and oxygen atoms in total. The van der Waals surface area contributed by atoms with Gasteiger partial charge in [-0.2, -0.15) is 5.10 Å². The van der Waals surface area contributed by atoms with Crippen LogP contribution in [0.3, 0.4) is 0 Å². The van der Waals surface area contributed by atoms with Crippen LogP contribution in [0.2, 0.25) is 0 Å². The first kappa shape index (κ1) is 17.7. The van der Waals surface area contributed by atoms with Crippen molar-refractivity contribution in [2.24, 2.45) is 5.92 Å². The molecule has 1 amide bonds. The van der Waals surface area contributed by atoms with Gasteiger partial charge < -0.3 is 10.0 Å². The second-order valence-electron chi connectivity index (χ2n) is 6.85. The van der Waals surface area contributed by atoms with Crippen molar-refractivity contribution in [3.63, 3.8) is 0 Å². The number of nitrogens with zero attached hydrogens (tertiary/aromatic N) is 3. The summed E-state index contributed by atoms with van der Waals surface area (Å²) in [5.41, 5.74) is 1.17. The van der Waals surface area contributed by atoms with E-state index in [4.69, 9.17) is 0 Å². The summed E-state index contributed by atoms with van der Waals surface area (Å²) < 4.78 is 1.86. The number of hydrogen-bond donors (Lipinski definition) is 1. The molecule has 1 aromatic carbocycles. The van der Waals surface area contributed by atoms with Gasteiger partial charge in [-0.05, 0) is 43.2 Å². The van der Waals surface area contributed by atoms with E-state index in [1.54, 1.807) is 6.20 Å². The van der Waals surface area contributed by atoms with E-state index in [1.807, 2.05) is 40.0 Å². The Hall–Kier alpha value is -2.14. The minimum Gasteiger partial charge on any atom is -0.392 e. The predicted octanol–water partition coefficient (Wildman–Crippen LogP) is 2.51. The summed E-state index contributed by atoms with van der Waals surface area (Å²) in [4.78, 5) is 14.3. The summed E-state index contributed by atoms with van der Waals surface area (Å²) in [5, 5.41) is 14.6. The number of carbonyl (C=O) groups excluding carboxylic acids is 1. The molecule has 0 unspecified atom stereocenters. The van der Waals surface area contributed by atoms with Crippen LogP contribution in [0.15, 0.2) is 48.8 Å². The minimum atomic E-state index is -0.320. The van der Waals surface area contributed by atoms with Crippen molar-refractivity contribution in [3.8, 4) is 0 Å². The molecule has 2 heterocycles. The first-order valence-corrected chi connectivity index (χ1v) is 9.19. The number of carbonyl (C=O) groups is 1. The molecular weight excluding hydrogens is 314 g/mol. The first-order chi connectivity index (χ1) is 12.2. The van der Waals surface area contributed by atoms with Gasteiger partial charge in [0.1, 0.15) is 0 Å². The Morgan fingerprint density at radius 2 is 1.96 bits per heavy atom. The van der Waals surface area contributed by atoms with E-state index in [-0.39, 0.29) is 17.9 Å². The van der Waals surface area contributed by atoms with E-state index >= 15 is 0 Å². The van der Waals surface area contributed by atoms with E-state index < -0.39 is 0 Å². The summed E-state index contributed by atoms with van der Waals surface area (Å²) in [6, 6.07) is 12.0. The number of aliphatic hydroxyl groups excluding tert-OH is 1. The van der Waals surface area contributed by atoms with Gasteiger partial charge in [0.05, 0.1) is 6.10 Å². The summed E-state index contributed by atoms with van der Waals surface area (Å²) in [6.07, 6.45) is 7.21. The molecular formula is C20H27N3O2. The molecule has 3 rings (SSSR count). The molecule has 134 valence electrons. The summed E-state index contributed by atoms with van der Waals surface area (Å²) >= 11 is 0. The Kier molecular flexibility index (Phi) is 6.23. The molecule has 2 aromatic rings. The van der Waals surface area contributed by atoms with Crippen LogP contribution < -0.4 is 0 Å². The van der Waals surface area contributed by atoms with Crippen molar-refractivity contribution in [1.82, 2.24) is 14.7 Å². The average molecular weight is 341 g/mol. The van der Waals surface area contributed by atoms with Crippen LogP contribution in [0.25, 0.3) is 0 Å². The number of likely N-dealkylation sites (tertiary alicyclic amines) is 1. The number of aryl methyl sites for hydroxylation is 1. The molecule has 5 heteroatoms. The molecule has 0 spiro atoms. The van der Waals surface area contributed by atoms with Gasteiger partial charge >= 0.3 is 0 Å². The first-order valence-electron chi connectivity index (χ1n) is 9.19. The predicted molar refractivity (Wildman–Crippen MR) is 96.9 cm³/mol. The highest BCUT2D eigenvalue weighted by Gasteiger charge is 2.27. The molecule has 1 saturated heterocycles. The molecule has 1 atom stereocenters. The van der Waals surface area contributed by atoms with Crippen molar-refractivity contribution >= 4 is 5.91 Å². The zero-order chi connectivity index (χ0) is 17.5. The number of aliphatic hydroxyl groups is 1. The normalized spacial score (nSPS) is 16.8. The molecule has 0 aliphatic carbocycles.